The third kappa shape index (κ3) is 9.65. The molecule has 0 spiro atoms. The Labute approximate surface area is 545 Å². The molecule has 2 aliphatic heterocycles. The lowest BCUT2D eigenvalue weighted by Gasteiger charge is -2.45. The van der Waals surface area contributed by atoms with E-state index in [0.717, 1.165) is 106 Å². The van der Waals surface area contributed by atoms with E-state index in [0.29, 0.717) is 0 Å². The maximum atomic E-state index is 6.61. The molecule has 6 heteroatoms. The van der Waals surface area contributed by atoms with Gasteiger partial charge >= 0.3 is 0 Å². The number of benzene rings is 12. The van der Waals surface area contributed by atoms with Gasteiger partial charge in [0.05, 0.1) is 22.7 Å². The molecule has 0 unspecified atom stereocenters. The third-order valence-electron chi connectivity index (χ3n) is 19.1. The van der Waals surface area contributed by atoms with Gasteiger partial charge in [0, 0.05) is 70.8 Å². The second kappa shape index (κ2) is 21.8. The van der Waals surface area contributed by atoms with E-state index in [1.165, 1.54) is 53.7 Å². The summed E-state index contributed by atoms with van der Waals surface area (Å²) in [6.07, 6.45) is 0. The minimum Gasteiger partial charge on any atom is -0.456 e. The molecule has 0 atom stereocenters. The Morgan fingerprint density at radius 3 is 1.57 bits per heavy atom. The van der Waals surface area contributed by atoms with Crippen molar-refractivity contribution in [3.63, 3.8) is 0 Å². The molecule has 0 aliphatic carbocycles. The summed E-state index contributed by atoms with van der Waals surface area (Å²) in [6.45, 7) is 20.7. The number of hydrogen-bond donors (Lipinski definition) is 0. The van der Waals surface area contributed by atoms with Gasteiger partial charge in [-0.25, -0.2) is 0 Å². The first kappa shape index (κ1) is 57.1. The van der Waals surface area contributed by atoms with Gasteiger partial charge in [-0.3, -0.25) is 0 Å². The highest BCUT2D eigenvalue weighted by Gasteiger charge is 2.47. The van der Waals surface area contributed by atoms with Crippen LogP contribution in [0.5, 0.6) is 0 Å². The fourth-order valence-electron chi connectivity index (χ4n) is 14.3. The molecule has 0 amide bonds. The second-order valence-electron chi connectivity index (χ2n) is 28.1. The molecular weight excluding hydrogens is 1130 g/mol. The summed E-state index contributed by atoms with van der Waals surface area (Å²) in [5, 5.41) is 3.45. The normalized spacial score (nSPS) is 13.0. The van der Waals surface area contributed by atoms with Gasteiger partial charge in [0.1, 0.15) is 11.2 Å². The number of fused-ring (bicyclic) bond motifs is 9. The lowest BCUT2D eigenvalue weighted by molar-refractivity contribution is 0.590. The average Bonchev–Trinajstić information content (AvgIpc) is 1.30. The predicted molar refractivity (Wildman–Crippen MR) is 396 cm³/mol. The lowest BCUT2D eigenvalue weighted by Crippen LogP contribution is -2.60. The summed E-state index contributed by atoms with van der Waals surface area (Å²) in [5.41, 5.74) is 27.1. The zero-order chi connectivity index (χ0) is 62.8. The Balaban J connectivity index is 1.08. The van der Waals surface area contributed by atoms with Crippen LogP contribution < -0.4 is 30.4 Å². The SMILES string of the molecule is CC(C)(C)c1ccc(N(c2ccccc2-c2ccccc2)c2cc3c(cc2-c2ccccc2)B2c4sc5ccc(C(C)(C)C)cc5c4N(c4ccc5oc6ccccc6c5c4)c4cc(-c5ccccc5)cc(c42)N3c2ccc(C(C)(C)C)cc2-c2ccccc2)cc1. The smallest absolute Gasteiger partial charge is 0.264 e. The zero-order valence-corrected chi connectivity index (χ0v) is 54.5. The average molecular weight is 1210 g/mol. The summed E-state index contributed by atoms with van der Waals surface area (Å²) >= 11 is 1.95. The lowest BCUT2D eigenvalue weighted by atomic mass is 9.36. The van der Waals surface area contributed by atoms with Gasteiger partial charge in [-0.15, -0.1) is 11.3 Å². The van der Waals surface area contributed by atoms with Gasteiger partial charge < -0.3 is 19.1 Å². The van der Waals surface area contributed by atoms with E-state index in [-0.39, 0.29) is 23.0 Å². The molecule has 16 rings (SSSR count). The van der Waals surface area contributed by atoms with E-state index in [1.54, 1.807) is 0 Å². The Kier molecular flexibility index (Phi) is 13.5. The molecular formula is C86H72BN3OS. The number of hydrogen-bond acceptors (Lipinski definition) is 5. The monoisotopic (exact) mass is 1210 g/mol. The van der Waals surface area contributed by atoms with Crippen LogP contribution in [0.4, 0.5) is 51.2 Å². The van der Waals surface area contributed by atoms with Crippen LogP contribution in [0.15, 0.2) is 277 Å². The highest BCUT2D eigenvalue weighted by Crippen LogP contribution is 2.55. The number of rotatable bonds is 9. The van der Waals surface area contributed by atoms with Crippen molar-refractivity contribution in [3.05, 3.63) is 290 Å². The standard InChI is InChI=1S/C86H72BN3OS/c1-84(2,3)60-38-42-63(43-39-60)88(72-36-24-22-34-65(72)56-28-16-11-17-29-56)74-54-75-71(53-68(74)58-32-20-13-21-33-58)87-81-76(48-59(55-26-14-10-15-27-55)49-77(81)90(75)73-45-40-61(85(4,5)6)50-67(73)57-30-18-12-19-31-57)89(64-44-46-79-69(52-64)66-35-23-25-37-78(66)91-79)82-70-51-62(86(7,8)9)41-47-80(70)92-83(82)87/h10-54H,1-9H3. The van der Waals surface area contributed by atoms with Gasteiger partial charge in [0.25, 0.3) is 6.71 Å². The molecule has 92 heavy (non-hydrogen) atoms. The van der Waals surface area contributed by atoms with Crippen LogP contribution >= 0.6 is 11.3 Å². The van der Waals surface area contributed by atoms with Crippen LogP contribution in [0.2, 0.25) is 0 Å². The Bertz CT molecular complexity index is 5170. The van der Waals surface area contributed by atoms with Crippen LogP contribution in [-0.4, -0.2) is 6.71 Å². The molecule has 12 aromatic carbocycles. The van der Waals surface area contributed by atoms with E-state index in [4.69, 9.17) is 4.42 Å². The quantitative estimate of drug-likeness (QED) is 0.134. The zero-order valence-electron chi connectivity index (χ0n) is 53.7. The van der Waals surface area contributed by atoms with E-state index in [2.05, 4.69) is 350 Å². The van der Waals surface area contributed by atoms with Crippen LogP contribution in [0, 0.1) is 0 Å². The number of thiophene rings is 1. The molecule has 0 radical (unpaired) electrons. The van der Waals surface area contributed by atoms with Crippen LogP contribution in [0.25, 0.3) is 76.5 Å². The maximum absolute atomic E-state index is 6.61. The molecule has 14 aromatic rings. The van der Waals surface area contributed by atoms with E-state index in [1.807, 2.05) is 11.3 Å². The highest BCUT2D eigenvalue weighted by atomic mass is 32.1. The molecule has 0 N–H and O–H groups in total. The van der Waals surface area contributed by atoms with Crippen molar-refractivity contribution < 1.29 is 4.42 Å². The van der Waals surface area contributed by atoms with Crippen molar-refractivity contribution in [1.82, 2.24) is 0 Å². The molecule has 2 aliphatic rings. The molecule has 0 fully saturated rings. The van der Waals surface area contributed by atoms with Gasteiger partial charge in [-0.2, -0.15) is 0 Å². The summed E-state index contributed by atoms with van der Waals surface area (Å²) in [7, 11) is 0. The van der Waals surface area contributed by atoms with Crippen molar-refractivity contribution in [1.29, 1.82) is 0 Å². The number of anilines is 9. The Hall–Kier alpha value is -10.1. The van der Waals surface area contributed by atoms with E-state index in [9.17, 15) is 0 Å². The highest BCUT2D eigenvalue weighted by molar-refractivity contribution is 7.33. The third-order valence-corrected chi connectivity index (χ3v) is 20.3. The number of para-hydroxylation sites is 2. The summed E-state index contributed by atoms with van der Waals surface area (Å²) in [5.74, 6) is 0. The summed E-state index contributed by atoms with van der Waals surface area (Å²) in [6, 6.07) is 103. The minimum absolute atomic E-state index is 0.0492. The second-order valence-corrected chi connectivity index (χ2v) is 29.2. The Morgan fingerprint density at radius 2 is 0.902 bits per heavy atom. The van der Waals surface area contributed by atoms with Crippen molar-refractivity contribution >= 4 is 117 Å². The fraction of sp³-hybridized carbons (Fsp3) is 0.140. The van der Waals surface area contributed by atoms with Gasteiger partial charge in [0.15, 0.2) is 0 Å². The summed E-state index contributed by atoms with van der Waals surface area (Å²) < 4.78 is 9.18. The van der Waals surface area contributed by atoms with Crippen LogP contribution in [0.1, 0.15) is 79.0 Å². The summed E-state index contributed by atoms with van der Waals surface area (Å²) in [4.78, 5) is 7.84. The molecule has 0 bridgehead atoms. The minimum atomic E-state index is -0.196. The van der Waals surface area contributed by atoms with Crippen molar-refractivity contribution in [2.24, 2.45) is 0 Å². The number of nitrogens with zero attached hydrogens (tertiary/aromatic N) is 3. The Morgan fingerprint density at radius 1 is 0.359 bits per heavy atom. The topological polar surface area (TPSA) is 22.9 Å². The predicted octanol–water partition coefficient (Wildman–Crippen LogP) is 22.9. The first-order chi connectivity index (χ1) is 44.5. The first-order valence-electron chi connectivity index (χ1n) is 32.3. The van der Waals surface area contributed by atoms with Crippen molar-refractivity contribution in [3.8, 4) is 44.5 Å². The molecule has 4 nitrogen and oxygen atoms in total. The van der Waals surface area contributed by atoms with Crippen LogP contribution in [0.3, 0.4) is 0 Å². The largest absolute Gasteiger partial charge is 0.456 e. The van der Waals surface area contributed by atoms with E-state index >= 15 is 0 Å². The van der Waals surface area contributed by atoms with Crippen LogP contribution in [-0.2, 0) is 16.2 Å². The first-order valence-corrected chi connectivity index (χ1v) is 33.2. The van der Waals surface area contributed by atoms with Gasteiger partial charge in [-0.05, 0) is 157 Å². The molecule has 0 saturated heterocycles. The molecule has 2 aromatic heterocycles. The fourth-order valence-corrected chi connectivity index (χ4v) is 15.6. The van der Waals surface area contributed by atoms with Crippen molar-refractivity contribution in [2.75, 3.05) is 14.7 Å². The van der Waals surface area contributed by atoms with Gasteiger partial charge in [0.2, 0.25) is 0 Å². The van der Waals surface area contributed by atoms with Gasteiger partial charge in [-0.1, -0.05) is 250 Å². The number of furan rings is 1. The molecule has 446 valence electrons. The maximum Gasteiger partial charge on any atom is 0.264 e. The molecule has 0 saturated carbocycles. The van der Waals surface area contributed by atoms with Crippen molar-refractivity contribution in [2.45, 2.75) is 78.6 Å². The molecule has 4 heterocycles. The van der Waals surface area contributed by atoms with E-state index < -0.39 is 0 Å².